The van der Waals surface area contributed by atoms with Gasteiger partial charge in [0.1, 0.15) is 17.9 Å². The van der Waals surface area contributed by atoms with Crippen LogP contribution < -0.4 is 10.6 Å². The minimum absolute atomic E-state index is 0.422. The lowest BCUT2D eigenvalue weighted by Crippen LogP contribution is -2.36. The van der Waals surface area contributed by atoms with Crippen LogP contribution in [-0.4, -0.2) is 22.6 Å². The van der Waals surface area contributed by atoms with E-state index >= 15 is 0 Å². The van der Waals surface area contributed by atoms with Gasteiger partial charge in [0.2, 0.25) is 5.89 Å². The molecule has 2 aromatic heterocycles. The number of nitrogens with zero attached hydrogens (tertiary/aromatic N) is 3. The Morgan fingerprint density at radius 1 is 1.21 bits per heavy atom. The van der Waals surface area contributed by atoms with Gasteiger partial charge < -0.3 is 19.6 Å². The van der Waals surface area contributed by atoms with Crippen LogP contribution in [0.4, 0.5) is 0 Å². The highest BCUT2D eigenvalue weighted by atomic mass is 16.5. The third kappa shape index (κ3) is 3.56. The number of aromatic nitrogens is 2. The highest BCUT2D eigenvalue weighted by Gasteiger charge is 2.10. The first kappa shape index (κ1) is 16.0. The molecule has 0 saturated carbocycles. The fraction of sp³-hybridized carbons (Fsp3) is 0.353. The number of nitrogens with one attached hydrogen (secondary N) is 2. The Kier molecular flexibility index (Phi) is 4.79. The number of fused-ring (bicyclic) bond motifs is 1. The van der Waals surface area contributed by atoms with Crippen molar-refractivity contribution in [2.45, 2.75) is 33.9 Å². The molecule has 126 valence electrons. The molecule has 0 amide bonds. The Hall–Kier alpha value is -2.83. The quantitative estimate of drug-likeness (QED) is 0.553. The van der Waals surface area contributed by atoms with E-state index in [-0.39, 0.29) is 0 Å². The molecule has 0 aliphatic heterocycles. The summed E-state index contributed by atoms with van der Waals surface area (Å²) in [6, 6.07) is 8.01. The van der Waals surface area contributed by atoms with Crippen LogP contribution in [0.15, 0.2) is 38.2 Å². The number of para-hydroxylation sites is 1. The van der Waals surface area contributed by atoms with Gasteiger partial charge in [0.15, 0.2) is 11.8 Å². The second kappa shape index (κ2) is 7.16. The average molecular weight is 327 g/mol. The molecule has 7 nitrogen and oxygen atoms in total. The Morgan fingerprint density at radius 3 is 2.75 bits per heavy atom. The molecule has 2 heterocycles. The number of rotatable bonds is 5. The van der Waals surface area contributed by atoms with Crippen molar-refractivity contribution >= 4 is 16.9 Å². The van der Waals surface area contributed by atoms with E-state index in [2.05, 4.69) is 38.8 Å². The van der Waals surface area contributed by atoms with Crippen LogP contribution in [0.2, 0.25) is 0 Å². The van der Waals surface area contributed by atoms with Crippen molar-refractivity contribution in [1.29, 1.82) is 0 Å². The summed E-state index contributed by atoms with van der Waals surface area (Å²) in [5.74, 6) is 2.68. The van der Waals surface area contributed by atoms with E-state index in [1.165, 1.54) is 0 Å². The van der Waals surface area contributed by atoms with E-state index in [1.807, 2.05) is 25.1 Å². The van der Waals surface area contributed by atoms with Gasteiger partial charge in [-0.15, -0.1) is 0 Å². The predicted molar refractivity (Wildman–Crippen MR) is 91.6 cm³/mol. The number of furan rings is 1. The summed E-state index contributed by atoms with van der Waals surface area (Å²) in [6.45, 7) is 7.49. The molecule has 0 bridgehead atoms. The second-order valence-electron chi connectivity index (χ2n) is 5.43. The highest BCUT2D eigenvalue weighted by Crippen LogP contribution is 2.25. The summed E-state index contributed by atoms with van der Waals surface area (Å²) < 4.78 is 11.0. The molecule has 0 aliphatic carbocycles. The van der Waals surface area contributed by atoms with Crippen LogP contribution >= 0.6 is 0 Å². The molecular formula is C17H21N5O2. The zero-order valence-corrected chi connectivity index (χ0v) is 14.1. The second-order valence-corrected chi connectivity index (χ2v) is 5.43. The first-order valence-electron chi connectivity index (χ1n) is 7.95. The molecule has 0 atom stereocenters. The van der Waals surface area contributed by atoms with Crippen molar-refractivity contribution in [3.63, 3.8) is 0 Å². The molecule has 7 heteroatoms. The number of guanidine groups is 1. The molecule has 3 aromatic rings. The zero-order valence-electron chi connectivity index (χ0n) is 14.1. The largest absolute Gasteiger partial charge is 0.459 e. The van der Waals surface area contributed by atoms with E-state index in [1.54, 1.807) is 6.92 Å². The van der Waals surface area contributed by atoms with Gasteiger partial charge >= 0.3 is 0 Å². The molecule has 2 N–H and O–H groups in total. The van der Waals surface area contributed by atoms with E-state index < -0.39 is 0 Å². The van der Waals surface area contributed by atoms with Crippen molar-refractivity contribution in [2.24, 2.45) is 4.99 Å². The average Bonchev–Trinajstić information content (AvgIpc) is 3.14. The van der Waals surface area contributed by atoms with Crippen molar-refractivity contribution < 1.29 is 8.94 Å². The van der Waals surface area contributed by atoms with Crippen LogP contribution in [0.1, 0.15) is 30.0 Å². The molecule has 0 saturated heterocycles. The van der Waals surface area contributed by atoms with E-state index in [4.69, 9.17) is 8.94 Å². The van der Waals surface area contributed by atoms with Crippen LogP contribution in [0.3, 0.4) is 0 Å². The molecule has 0 radical (unpaired) electrons. The summed E-state index contributed by atoms with van der Waals surface area (Å²) in [5.41, 5.74) is 2.01. The number of hydrogen-bond acceptors (Lipinski definition) is 5. The third-order valence-electron chi connectivity index (χ3n) is 3.64. The van der Waals surface area contributed by atoms with Gasteiger partial charge in [-0.1, -0.05) is 23.4 Å². The fourth-order valence-corrected chi connectivity index (χ4v) is 2.44. The molecule has 1 aromatic carbocycles. The first-order chi connectivity index (χ1) is 11.7. The maximum absolute atomic E-state index is 5.89. The van der Waals surface area contributed by atoms with Crippen LogP contribution in [0.25, 0.3) is 11.0 Å². The highest BCUT2D eigenvalue weighted by molar-refractivity contribution is 5.82. The molecule has 0 spiro atoms. The Bertz CT molecular complexity index is 850. The lowest BCUT2D eigenvalue weighted by Gasteiger charge is -2.09. The minimum Gasteiger partial charge on any atom is -0.459 e. The topological polar surface area (TPSA) is 88.5 Å². The van der Waals surface area contributed by atoms with Crippen molar-refractivity contribution in [3.8, 4) is 0 Å². The number of aryl methyl sites for hydroxylation is 2. The van der Waals surface area contributed by atoms with Gasteiger partial charge in [-0.05, 0) is 26.8 Å². The Morgan fingerprint density at radius 2 is 2.04 bits per heavy atom. The predicted octanol–water partition coefficient (Wildman–Crippen LogP) is 2.69. The smallest absolute Gasteiger partial charge is 0.246 e. The molecule has 0 fully saturated rings. The van der Waals surface area contributed by atoms with Gasteiger partial charge in [-0.3, -0.25) is 0 Å². The molecule has 24 heavy (non-hydrogen) atoms. The maximum atomic E-state index is 5.89. The van der Waals surface area contributed by atoms with Crippen LogP contribution in [-0.2, 0) is 13.1 Å². The molecule has 0 unspecified atom stereocenters. The van der Waals surface area contributed by atoms with Crippen molar-refractivity contribution in [1.82, 2.24) is 20.8 Å². The summed E-state index contributed by atoms with van der Waals surface area (Å²) >= 11 is 0. The Balaban J connectivity index is 1.71. The summed E-state index contributed by atoms with van der Waals surface area (Å²) in [6.07, 6.45) is 0. The monoisotopic (exact) mass is 327 g/mol. The standard InChI is InChI=1S/C17H21N5O2/c1-4-18-17(20-10-16-21-12(3)22-24-16)19-9-15-11(2)13-7-5-6-8-14(13)23-15/h5-8H,4,9-10H2,1-3H3,(H2,18,19,20). The molecular weight excluding hydrogens is 306 g/mol. The molecule has 3 rings (SSSR count). The molecule has 0 aliphatic rings. The van der Waals surface area contributed by atoms with E-state index in [0.29, 0.717) is 30.8 Å². The first-order valence-corrected chi connectivity index (χ1v) is 7.95. The maximum Gasteiger partial charge on any atom is 0.246 e. The fourth-order valence-electron chi connectivity index (χ4n) is 2.44. The van der Waals surface area contributed by atoms with Crippen LogP contribution in [0.5, 0.6) is 0 Å². The number of aliphatic imine (C=N–C) groups is 1. The van der Waals surface area contributed by atoms with Gasteiger partial charge in [-0.2, -0.15) is 4.98 Å². The summed E-state index contributed by atoms with van der Waals surface area (Å²) in [5, 5.41) is 11.3. The van der Waals surface area contributed by atoms with Gasteiger partial charge in [0, 0.05) is 17.5 Å². The van der Waals surface area contributed by atoms with E-state index in [0.717, 1.165) is 28.8 Å². The van der Waals surface area contributed by atoms with Gasteiger partial charge in [0.25, 0.3) is 0 Å². The third-order valence-corrected chi connectivity index (χ3v) is 3.64. The van der Waals surface area contributed by atoms with E-state index in [9.17, 15) is 0 Å². The SMILES string of the molecule is CCNC(=NCc1oc2ccccc2c1C)NCc1nc(C)no1. The normalized spacial score (nSPS) is 11.9. The van der Waals surface area contributed by atoms with Gasteiger partial charge in [0.05, 0.1) is 6.54 Å². The van der Waals surface area contributed by atoms with Crippen molar-refractivity contribution in [3.05, 3.63) is 47.3 Å². The summed E-state index contributed by atoms with van der Waals surface area (Å²) in [4.78, 5) is 8.73. The minimum atomic E-state index is 0.422. The van der Waals surface area contributed by atoms with Gasteiger partial charge in [-0.25, -0.2) is 4.99 Å². The zero-order chi connectivity index (χ0) is 16.9. The number of benzene rings is 1. The lowest BCUT2D eigenvalue weighted by atomic mass is 10.1. The Labute approximate surface area is 140 Å². The van der Waals surface area contributed by atoms with Crippen LogP contribution in [0, 0.1) is 13.8 Å². The lowest BCUT2D eigenvalue weighted by molar-refractivity contribution is 0.371. The van der Waals surface area contributed by atoms with Crippen molar-refractivity contribution in [2.75, 3.05) is 6.54 Å². The summed E-state index contributed by atoms with van der Waals surface area (Å²) in [7, 11) is 0. The number of hydrogen-bond donors (Lipinski definition) is 2.